The van der Waals surface area contributed by atoms with Crippen molar-refractivity contribution in [2.75, 3.05) is 7.05 Å². The Bertz CT molecular complexity index is 1050. The first kappa shape index (κ1) is 23.6. The molecule has 3 rings (SSSR count). The van der Waals surface area contributed by atoms with E-state index >= 15 is 0 Å². The lowest BCUT2D eigenvalue weighted by Crippen LogP contribution is -2.36. The van der Waals surface area contributed by atoms with Crippen molar-refractivity contribution >= 4 is 29.9 Å². The Morgan fingerprint density at radius 2 is 1.60 bits per heavy atom. The Hall–Kier alpha value is -2.68. The number of pyridine rings is 1. The van der Waals surface area contributed by atoms with Crippen molar-refractivity contribution in [2.24, 2.45) is 4.99 Å². The van der Waals surface area contributed by atoms with Gasteiger partial charge in [-0.25, -0.2) is 4.39 Å². The van der Waals surface area contributed by atoms with Gasteiger partial charge in [-0.1, -0.05) is 42.5 Å². The molecular formula is C23H26FIN4O. The fraction of sp³-hybridized carbons (Fsp3) is 0.217. The maximum absolute atomic E-state index is 13.7. The fourth-order valence-electron chi connectivity index (χ4n) is 2.89. The van der Waals surface area contributed by atoms with Gasteiger partial charge in [0.2, 0.25) is 0 Å². The first-order chi connectivity index (χ1) is 14.0. The summed E-state index contributed by atoms with van der Waals surface area (Å²) in [5.41, 5.74) is 3.64. The van der Waals surface area contributed by atoms with E-state index in [-0.39, 0.29) is 35.4 Å². The van der Waals surface area contributed by atoms with Gasteiger partial charge in [-0.15, -0.1) is 24.0 Å². The van der Waals surface area contributed by atoms with Crippen molar-refractivity contribution in [3.63, 3.8) is 0 Å². The minimum atomic E-state index is -0.204. The molecule has 0 radical (unpaired) electrons. The fourth-order valence-corrected chi connectivity index (χ4v) is 2.89. The molecule has 3 aromatic rings. The number of hydrogen-bond donors (Lipinski definition) is 2. The molecule has 0 saturated carbocycles. The van der Waals surface area contributed by atoms with E-state index < -0.39 is 0 Å². The van der Waals surface area contributed by atoms with Gasteiger partial charge in [-0.05, 0) is 41.3 Å². The number of rotatable bonds is 6. The first-order valence-electron chi connectivity index (χ1n) is 9.48. The molecule has 0 saturated heterocycles. The van der Waals surface area contributed by atoms with Crippen LogP contribution in [0, 0.1) is 12.7 Å². The number of benzene rings is 2. The van der Waals surface area contributed by atoms with Crippen molar-refractivity contribution in [1.82, 2.24) is 15.2 Å². The molecular weight excluding hydrogens is 494 g/mol. The van der Waals surface area contributed by atoms with Crippen molar-refractivity contribution in [3.8, 4) is 0 Å². The zero-order valence-electron chi connectivity index (χ0n) is 17.1. The molecule has 0 aliphatic heterocycles. The number of nitrogens with one attached hydrogen (secondary N) is 2. The summed E-state index contributed by atoms with van der Waals surface area (Å²) in [5.74, 6) is 0.441. The summed E-state index contributed by atoms with van der Waals surface area (Å²) in [6.45, 7) is 3.38. The van der Waals surface area contributed by atoms with Crippen LogP contribution in [0.4, 0.5) is 4.39 Å². The van der Waals surface area contributed by atoms with Crippen LogP contribution in [0.1, 0.15) is 22.3 Å². The Kier molecular flexibility index (Phi) is 9.04. The maximum Gasteiger partial charge on any atom is 0.250 e. The average molecular weight is 520 g/mol. The van der Waals surface area contributed by atoms with E-state index in [1.165, 1.54) is 6.07 Å². The van der Waals surface area contributed by atoms with Crippen LogP contribution in [0.15, 0.2) is 76.6 Å². The first-order valence-corrected chi connectivity index (χ1v) is 9.48. The van der Waals surface area contributed by atoms with Gasteiger partial charge in [0.05, 0.1) is 6.54 Å². The predicted octanol–water partition coefficient (Wildman–Crippen LogP) is 3.83. The molecule has 1 heterocycles. The summed E-state index contributed by atoms with van der Waals surface area (Å²) in [6.07, 6.45) is 1.79. The number of aryl methyl sites for hydroxylation is 1. The van der Waals surface area contributed by atoms with Crippen LogP contribution in [0.5, 0.6) is 0 Å². The van der Waals surface area contributed by atoms with Crippen molar-refractivity contribution in [3.05, 3.63) is 105 Å². The van der Waals surface area contributed by atoms with E-state index in [2.05, 4.69) is 15.6 Å². The Morgan fingerprint density at radius 3 is 2.23 bits per heavy atom. The van der Waals surface area contributed by atoms with Gasteiger partial charge >= 0.3 is 0 Å². The SMILES string of the molecule is CN=C(NCc1ccc(Cn2ccccc2=O)cc1)NCc1ccc(C)c(F)c1.I. The van der Waals surface area contributed by atoms with Gasteiger partial charge in [0.25, 0.3) is 5.56 Å². The maximum atomic E-state index is 13.7. The highest BCUT2D eigenvalue weighted by atomic mass is 127. The van der Waals surface area contributed by atoms with Crippen LogP contribution in [0.3, 0.4) is 0 Å². The van der Waals surface area contributed by atoms with Gasteiger partial charge < -0.3 is 15.2 Å². The summed E-state index contributed by atoms with van der Waals surface area (Å²) >= 11 is 0. The van der Waals surface area contributed by atoms with Crippen LogP contribution in [0.2, 0.25) is 0 Å². The molecule has 2 aromatic carbocycles. The minimum Gasteiger partial charge on any atom is -0.352 e. The lowest BCUT2D eigenvalue weighted by atomic mass is 10.1. The minimum absolute atomic E-state index is 0. The standard InChI is InChI=1S/C23H25FN4O.HI/c1-17-6-7-20(13-21(17)24)15-27-23(25-2)26-14-18-8-10-19(11-9-18)16-28-12-4-3-5-22(28)29;/h3-13H,14-16H2,1-2H3,(H2,25,26,27);1H. The zero-order chi connectivity index (χ0) is 20.6. The molecule has 0 atom stereocenters. The van der Waals surface area contributed by atoms with Crippen molar-refractivity contribution in [2.45, 2.75) is 26.6 Å². The lowest BCUT2D eigenvalue weighted by molar-refractivity contribution is 0.615. The van der Waals surface area contributed by atoms with Crippen LogP contribution >= 0.6 is 24.0 Å². The van der Waals surface area contributed by atoms with Gasteiger partial charge in [0.1, 0.15) is 5.82 Å². The monoisotopic (exact) mass is 520 g/mol. The molecule has 1 aromatic heterocycles. The van der Waals surface area contributed by atoms with Crippen LogP contribution < -0.4 is 16.2 Å². The molecule has 30 heavy (non-hydrogen) atoms. The number of hydrogen-bond acceptors (Lipinski definition) is 2. The summed E-state index contributed by atoms with van der Waals surface area (Å²) < 4.78 is 15.3. The van der Waals surface area contributed by atoms with Gasteiger partial charge in [-0.2, -0.15) is 0 Å². The topological polar surface area (TPSA) is 58.4 Å². The van der Waals surface area contributed by atoms with E-state index in [9.17, 15) is 9.18 Å². The van der Waals surface area contributed by atoms with Gasteiger partial charge in [-0.3, -0.25) is 9.79 Å². The quantitative estimate of drug-likeness (QED) is 0.295. The van der Waals surface area contributed by atoms with Crippen LogP contribution in [0.25, 0.3) is 0 Å². The average Bonchev–Trinajstić information content (AvgIpc) is 2.73. The third-order valence-corrected chi connectivity index (χ3v) is 4.65. The van der Waals surface area contributed by atoms with E-state index in [4.69, 9.17) is 0 Å². The highest BCUT2D eigenvalue weighted by Crippen LogP contribution is 2.09. The molecule has 2 N–H and O–H groups in total. The molecule has 0 spiro atoms. The molecule has 158 valence electrons. The largest absolute Gasteiger partial charge is 0.352 e. The van der Waals surface area contributed by atoms with Gasteiger partial charge in [0.15, 0.2) is 5.96 Å². The number of nitrogens with zero attached hydrogens (tertiary/aromatic N) is 2. The highest BCUT2D eigenvalue weighted by Gasteiger charge is 2.03. The lowest BCUT2D eigenvalue weighted by Gasteiger charge is -2.13. The Labute approximate surface area is 193 Å². The normalized spacial score (nSPS) is 11.0. The smallest absolute Gasteiger partial charge is 0.250 e. The Morgan fingerprint density at radius 1 is 0.967 bits per heavy atom. The molecule has 0 amide bonds. The summed E-state index contributed by atoms with van der Waals surface area (Å²) in [6, 6.07) is 18.4. The summed E-state index contributed by atoms with van der Waals surface area (Å²) in [5, 5.41) is 6.44. The number of halogens is 2. The highest BCUT2D eigenvalue weighted by molar-refractivity contribution is 14.0. The number of aliphatic imine (C=N–C) groups is 1. The zero-order valence-corrected chi connectivity index (χ0v) is 19.4. The van der Waals surface area contributed by atoms with E-state index in [0.717, 1.165) is 16.7 Å². The molecule has 0 aliphatic rings. The molecule has 0 fully saturated rings. The Balaban J connectivity index is 0.00000320. The molecule has 0 bridgehead atoms. The van der Waals surface area contributed by atoms with Crippen molar-refractivity contribution < 1.29 is 4.39 Å². The second-order valence-corrected chi connectivity index (χ2v) is 6.85. The van der Waals surface area contributed by atoms with E-state index in [1.54, 1.807) is 42.9 Å². The number of guanidine groups is 1. The summed E-state index contributed by atoms with van der Waals surface area (Å²) in [4.78, 5) is 16.0. The second-order valence-electron chi connectivity index (χ2n) is 6.85. The molecule has 5 nitrogen and oxygen atoms in total. The number of aromatic nitrogens is 1. The van der Waals surface area contributed by atoms with E-state index in [0.29, 0.717) is 31.2 Å². The predicted molar refractivity (Wildman–Crippen MR) is 130 cm³/mol. The van der Waals surface area contributed by atoms with Crippen LogP contribution in [-0.4, -0.2) is 17.6 Å². The van der Waals surface area contributed by atoms with Crippen LogP contribution in [-0.2, 0) is 19.6 Å². The molecule has 7 heteroatoms. The molecule has 0 unspecified atom stereocenters. The summed E-state index contributed by atoms with van der Waals surface area (Å²) in [7, 11) is 1.70. The third kappa shape index (κ3) is 6.69. The van der Waals surface area contributed by atoms with Gasteiger partial charge in [0, 0.05) is 32.4 Å². The van der Waals surface area contributed by atoms with Crippen molar-refractivity contribution in [1.29, 1.82) is 0 Å². The third-order valence-electron chi connectivity index (χ3n) is 4.65. The second kappa shape index (κ2) is 11.5. The molecule has 0 aliphatic carbocycles. The van der Waals surface area contributed by atoms with E-state index in [1.807, 2.05) is 36.4 Å².